The maximum atomic E-state index is 10.9. The average molecular weight is 303 g/mol. The maximum Gasteiger partial charge on any atom is 0.306 e. The largest absolute Gasteiger partial charge is 0.474 e. The van der Waals surface area contributed by atoms with E-state index in [-0.39, 0.29) is 12.6 Å². The van der Waals surface area contributed by atoms with Crippen LogP contribution < -0.4 is 0 Å². The molecule has 4 nitrogen and oxygen atoms in total. The molecule has 0 aromatic carbocycles. The van der Waals surface area contributed by atoms with Crippen LogP contribution in [0.25, 0.3) is 0 Å². The van der Waals surface area contributed by atoms with Gasteiger partial charge in [0.05, 0.1) is 6.61 Å². The van der Waals surface area contributed by atoms with Gasteiger partial charge in [0.2, 0.25) is 5.90 Å². The summed E-state index contributed by atoms with van der Waals surface area (Å²) in [6.45, 7) is 2.26. The van der Waals surface area contributed by atoms with Crippen molar-refractivity contribution in [3.8, 4) is 0 Å². The second kappa shape index (κ2) is 8.61. The fourth-order valence-electron chi connectivity index (χ4n) is 0.834. The maximum absolute atomic E-state index is 10.9. The van der Waals surface area contributed by atoms with E-state index >= 15 is 0 Å². The monoisotopic (exact) mass is 301 g/mol. The molecule has 0 aliphatic rings. The van der Waals surface area contributed by atoms with Gasteiger partial charge in [-0.2, -0.15) is 0 Å². The van der Waals surface area contributed by atoms with Crippen molar-refractivity contribution >= 4 is 46.7 Å². The van der Waals surface area contributed by atoms with Crippen LogP contribution in [0.3, 0.4) is 0 Å². The van der Waals surface area contributed by atoms with Gasteiger partial charge in [-0.3, -0.25) is 10.2 Å². The molecule has 0 bridgehead atoms. The first-order chi connectivity index (χ1) is 7.88. The van der Waals surface area contributed by atoms with E-state index < -0.39 is 9.69 Å². The summed E-state index contributed by atoms with van der Waals surface area (Å²) in [7, 11) is 0. The molecule has 0 radical (unpaired) electrons. The zero-order chi connectivity index (χ0) is 13.3. The molecule has 0 amide bonds. The Balaban J connectivity index is 3.63. The Labute approximate surface area is 115 Å². The third kappa shape index (κ3) is 9.27. The highest BCUT2D eigenvalue weighted by atomic mass is 35.6. The number of hydrogen-bond donors (Lipinski definition) is 1. The summed E-state index contributed by atoms with van der Waals surface area (Å²) in [5.74, 6) is -0.676. The Bertz CT molecular complexity index is 287. The van der Waals surface area contributed by atoms with E-state index in [9.17, 15) is 4.79 Å². The molecule has 7 heteroatoms. The molecular weight excluding hydrogens is 288 g/mol. The second-order valence-electron chi connectivity index (χ2n) is 2.95. The Hall–Kier alpha value is -0.450. The zero-order valence-corrected chi connectivity index (χ0v) is 11.6. The molecule has 0 fully saturated rings. The van der Waals surface area contributed by atoms with Crippen molar-refractivity contribution in [2.45, 2.75) is 23.6 Å². The van der Waals surface area contributed by atoms with E-state index in [2.05, 4.69) is 0 Å². The Morgan fingerprint density at radius 2 is 1.94 bits per heavy atom. The summed E-state index contributed by atoms with van der Waals surface area (Å²) in [5.41, 5.74) is 0. The minimum atomic E-state index is -1.83. The van der Waals surface area contributed by atoms with Crippen LogP contribution in [-0.2, 0) is 14.3 Å². The number of esters is 1. The van der Waals surface area contributed by atoms with Gasteiger partial charge >= 0.3 is 5.97 Å². The van der Waals surface area contributed by atoms with Crippen LogP contribution in [0.15, 0.2) is 12.2 Å². The average Bonchev–Trinajstić information content (AvgIpc) is 2.21. The highest BCUT2D eigenvalue weighted by Gasteiger charge is 2.28. The minimum Gasteiger partial charge on any atom is -0.474 e. The molecule has 17 heavy (non-hydrogen) atoms. The number of hydrogen-bond acceptors (Lipinski definition) is 4. The topological polar surface area (TPSA) is 59.4 Å². The van der Waals surface area contributed by atoms with Gasteiger partial charge in [0.1, 0.15) is 6.61 Å². The standard InChI is InChI=1S/C10H14Cl3NO3/c1-2-16-8(15)6-4-3-5-7-17-9(14)10(11,12)13/h3,5,14H,2,4,6-7H2,1H3. The number of rotatable bonds is 6. The number of ether oxygens (including phenoxy) is 2. The van der Waals surface area contributed by atoms with Gasteiger partial charge in [0.25, 0.3) is 3.79 Å². The second-order valence-corrected chi connectivity index (χ2v) is 5.23. The van der Waals surface area contributed by atoms with Crippen LogP contribution in [0, 0.1) is 5.41 Å². The zero-order valence-electron chi connectivity index (χ0n) is 9.34. The number of halogens is 3. The third-order valence-electron chi connectivity index (χ3n) is 1.57. The molecule has 0 aliphatic carbocycles. The highest BCUT2D eigenvalue weighted by Crippen LogP contribution is 2.27. The minimum absolute atomic E-state index is 0.121. The van der Waals surface area contributed by atoms with Crippen LogP contribution in [0.1, 0.15) is 19.8 Å². The van der Waals surface area contributed by atoms with Crippen LogP contribution in [0.2, 0.25) is 0 Å². The van der Waals surface area contributed by atoms with Gasteiger partial charge in [0, 0.05) is 6.42 Å². The van der Waals surface area contributed by atoms with Gasteiger partial charge in [-0.25, -0.2) is 0 Å². The van der Waals surface area contributed by atoms with Gasteiger partial charge in [-0.05, 0) is 13.3 Å². The molecular formula is C10H14Cl3NO3. The fraction of sp³-hybridized carbons (Fsp3) is 0.600. The number of carbonyl (C=O) groups is 1. The smallest absolute Gasteiger partial charge is 0.306 e. The lowest BCUT2D eigenvalue weighted by Gasteiger charge is -2.11. The molecule has 0 rings (SSSR count). The lowest BCUT2D eigenvalue weighted by atomic mass is 10.3. The van der Waals surface area contributed by atoms with Crippen LogP contribution in [-0.4, -0.2) is 28.9 Å². The highest BCUT2D eigenvalue weighted by molar-refractivity contribution is 6.76. The number of nitrogens with one attached hydrogen (secondary N) is 1. The predicted octanol–water partition coefficient (Wildman–Crippen LogP) is 3.25. The van der Waals surface area contributed by atoms with Gasteiger partial charge in [0.15, 0.2) is 0 Å². The normalized spacial score (nSPS) is 11.5. The molecule has 0 atom stereocenters. The first-order valence-corrected chi connectivity index (χ1v) is 6.10. The van der Waals surface area contributed by atoms with E-state index in [1.165, 1.54) is 0 Å². The summed E-state index contributed by atoms with van der Waals surface area (Å²) >= 11 is 16.2. The van der Waals surface area contributed by atoms with Crippen molar-refractivity contribution in [2.75, 3.05) is 13.2 Å². The molecule has 0 heterocycles. The molecule has 0 aliphatic heterocycles. The molecule has 0 spiro atoms. The van der Waals surface area contributed by atoms with E-state index in [1.807, 2.05) is 0 Å². The number of allylic oxidation sites excluding steroid dienone is 1. The predicted molar refractivity (Wildman–Crippen MR) is 69.0 cm³/mol. The van der Waals surface area contributed by atoms with Crippen LogP contribution in [0.4, 0.5) is 0 Å². The SMILES string of the molecule is CCOC(=O)CCC=CCOC(=N)C(Cl)(Cl)Cl. The van der Waals surface area contributed by atoms with E-state index in [0.717, 1.165) is 0 Å². The summed E-state index contributed by atoms with van der Waals surface area (Å²) in [5, 5.41) is 7.22. The first kappa shape index (κ1) is 16.6. The van der Waals surface area contributed by atoms with E-state index in [0.29, 0.717) is 19.4 Å². The van der Waals surface area contributed by atoms with Crippen molar-refractivity contribution in [1.82, 2.24) is 0 Å². The molecule has 0 saturated carbocycles. The number of alkyl halides is 3. The first-order valence-electron chi connectivity index (χ1n) is 4.97. The lowest BCUT2D eigenvalue weighted by molar-refractivity contribution is -0.143. The molecule has 0 aromatic heterocycles. The fourth-order valence-corrected chi connectivity index (χ4v) is 0.997. The van der Waals surface area contributed by atoms with Crippen molar-refractivity contribution in [2.24, 2.45) is 0 Å². The molecule has 98 valence electrons. The Morgan fingerprint density at radius 3 is 2.47 bits per heavy atom. The van der Waals surface area contributed by atoms with Crippen LogP contribution in [0.5, 0.6) is 0 Å². The van der Waals surface area contributed by atoms with Gasteiger partial charge < -0.3 is 9.47 Å². The Morgan fingerprint density at radius 1 is 1.29 bits per heavy atom. The summed E-state index contributed by atoms with van der Waals surface area (Å²) in [6.07, 6.45) is 4.24. The molecule has 1 N–H and O–H groups in total. The van der Waals surface area contributed by atoms with Crippen molar-refractivity contribution in [3.05, 3.63) is 12.2 Å². The quantitative estimate of drug-likeness (QED) is 0.269. The molecule has 0 aromatic rings. The van der Waals surface area contributed by atoms with E-state index in [4.69, 9.17) is 49.7 Å². The summed E-state index contributed by atoms with van der Waals surface area (Å²) in [6, 6.07) is 0. The molecule has 0 saturated heterocycles. The van der Waals surface area contributed by atoms with Gasteiger partial charge in [-0.15, -0.1) is 0 Å². The van der Waals surface area contributed by atoms with Crippen LogP contribution >= 0.6 is 34.8 Å². The third-order valence-corrected chi connectivity index (χ3v) is 2.08. The lowest BCUT2D eigenvalue weighted by Crippen LogP contribution is -2.21. The van der Waals surface area contributed by atoms with E-state index in [1.54, 1.807) is 19.1 Å². The number of carbonyl (C=O) groups excluding carboxylic acids is 1. The van der Waals surface area contributed by atoms with Crippen molar-refractivity contribution in [1.29, 1.82) is 5.41 Å². The summed E-state index contributed by atoms with van der Waals surface area (Å²) in [4.78, 5) is 10.9. The summed E-state index contributed by atoms with van der Waals surface area (Å²) < 4.78 is 7.75. The van der Waals surface area contributed by atoms with Gasteiger partial charge in [-0.1, -0.05) is 47.0 Å². The van der Waals surface area contributed by atoms with Crippen molar-refractivity contribution in [3.63, 3.8) is 0 Å². The molecule has 0 unspecified atom stereocenters. The Kier molecular flexibility index (Phi) is 8.39. The van der Waals surface area contributed by atoms with Crippen molar-refractivity contribution < 1.29 is 14.3 Å².